The highest BCUT2D eigenvalue weighted by molar-refractivity contribution is 9.10. The topological polar surface area (TPSA) is 57.0 Å². The molecule has 0 fully saturated rings. The molecule has 0 saturated heterocycles. The lowest BCUT2D eigenvalue weighted by Crippen LogP contribution is -2.13. The van der Waals surface area contributed by atoms with Crippen molar-refractivity contribution in [2.24, 2.45) is 7.05 Å². The number of carbonyl (C=O) groups excluding carboxylic acids is 1. The second-order valence-corrected chi connectivity index (χ2v) is 5.62. The number of ether oxygens (including phenoxy) is 1. The summed E-state index contributed by atoms with van der Waals surface area (Å²) < 4.78 is 21.0. The molecule has 5 nitrogen and oxygen atoms in total. The molecule has 22 heavy (non-hydrogen) atoms. The third-order valence-electron chi connectivity index (χ3n) is 3.11. The van der Waals surface area contributed by atoms with Gasteiger partial charge in [0, 0.05) is 11.5 Å². The average molecular weight is 364 g/mol. The summed E-state index contributed by atoms with van der Waals surface area (Å²) in [4.78, 5) is 20.0. The fourth-order valence-electron chi connectivity index (χ4n) is 2.09. The lowest BCUT2D eigenvalue weighted by Gasteiger charge is -2.08. The van der Waals surface area contributed by atoms with Crippen molar-refractivity contribution in [3.63, 3.8) is 0 Å². The van der Waals surface area contributed by atoms with Crippen molar-refractivity contribution in [3.8, 4) is 5.75 Å². The zero-order chi connectivity index (χ0) is 15.7. The highest BCUT2D eigenvalue weighted by Crippen LogP contribution is 2.29. The van der Waals surface area contributed by atoms with Gasteiger partial charge in [0.15, 0.2) is 6.61 Å². The molecule has 0 bridgehead atoms. The second-order valence-electron chi connectivity index (χ2n) is 4.70. The Hall–Kier alpha value is -2.28. The predicted octanol–water partition coefficient (Wildman–Crippen LogP) is 3.13. The van der Waals surface area contributed by atoms with E-state index in [1.54, 1.807) is 12.4 Å². The first-order valence-electron chi connectivity index (χ1n) is 6.43. The van der Waals surface area contributed by atoms with Crippen LogP contribution in [-0.4, -0.2) is 26.9 Å². The molecule has 0 aliphatic rings. The van der Waals surface area contributed by atoms with Gasteiger partial charge in [0.1, 0.15) is 22.8 Å². The molecule has 112 valence electrons. The maximum Gasteiger partial charge on any atom is 0.218 e. The second kappa shape index (κ2) is 5.84. The summed E-state index contributed by atoms with van der Waals surface area (Å²) in [5.74, 6) is -0.267. The Balaban J connectivity index is 1.83. The first kappa shape index (κ1) is 14.6. The van der Waals surface area contributed by atoms with Gasteiger partial charge in [0.2, 0.25) is 5.78 Å². The summed E-state index contributed by atoms with van der Waals surface area (Å²) in [7, 11) is 1.85. The molecule has 0 radical (unpaired) electrons. The van der Waals surface area contributed by atoms with Crippen LogP contribution in [0.1, 0.15) is 10.5 Å². The lowest BCUT2D eigenvalue weighted by molar-refractivity contribution is 0.0917. The molecule has 3 rings (SSSR count). The number of pyridine rings is 1. The normalized spacial score (nSPS) is 10.9. The van der Waals surface area contributed by atoms with Crippen molar-refractivity contribution in [1.82, 2.24) is 14.5 Å². The van der Waals surface area contributed by atoms with Crippen LogP contribution in [0, 0.1) is 5.82 Å². The predicted molar refractivity (Wildman–Crippen MR) is 82.4 cm³/mol. The number of ketones is 1. The molecule has 0 N–H and O–H groups in total. The van der Waals surface area contributed by atoms with Crippen LogP contribution < -0.4 is 4.74 Å². The van der Waals surface area contributed by atoms with Crippen molar-refractivity contribution < 1.29 is 13.9 Å². The monoisotopic (exact) mass is 363 g/mol. The van der Waals surface area contributed by atoms with E-state index in [0.29, 0.717) is 5.75 Å². The highest BCUT2D eigenvalue weighted by Gasteiger charge is 2.13. The number of hydrogen-bond donors (Lipinski definition) is 0. The summed E-state index contributed by atoms with van der Waals surface area (Å²) in [5.41, 5.74) is 1.72. The van der Waals surface area contributed by atoms with Gasteiger partial charge >= 0.3 is 0 Å². The minimum absolute atomic E-state index is 0.164. The minimum atomic E-state index is -0.485. The summed E-state index contributed by atoms with van der Waals surface area (Å²) in [6, 6.07) is 6.17. The van der Waals surface area contributed by atoms with Crippen molar-refractivity contribution >= 4 is 32.7 Å². The van der Waals surface area contributed by atoms with E-state index < -0.39 is 5.82 Å². The fraction of sp³-hybridized carbons (Fsp3) is 0.133. The number of rotatable bonds is 4. The van der Waals surface area contributed by atoms with Gasteiger partial charge in [-0.25, -0.2) is 14.4 Å². The number of benzene rings is 1. The summed E-state index contributed by atoms with van der Waals surface area (Å²) in [6.07, 6.45) is 2.68. The standard InChI is InChI=1S/C15H11BrFN3O2/c1-20-8-19-12-4-9(16)5-14(15(12)20)22-7-13(21)11-3-2-10(17)6-18-11/h2-6,8H,7H2,1H3. The number of carbonyl (C=O) groups is 1. The van der Waals surface area contributed by atoms with Crippen molar-refractivity contribution in [2.45, 2.75) is 0 Å². The summed E-state index contributed by atoms with van der Waals surface area (Å²) >= 11 is 3.38. The van der Waals surface area contributed by atoms with Crippen LogP contribution in [0.3, 0.4) is 0 Å². The molecule has 0 aliphatic carbocycles. The van der Waals surface area contributed by atoms with E-state index in [9.17, 15) is 9.18 Å². The Kier molecular flexibility index (Phi) is 3.89. The zero-order valence-electron chi connectivity index (χ0n) is 11.6. The zero-order valence-corrected chi connectivity index (χ0v) is 13.2. The van der Waals surface area contributed by atoms with E-state index in [1.165, 1.54) is 12.1 Å². The first-order valence-corrected chi connectivity index (χ1v) is 7.22. The average Bonchev–Trinajstić information content (AvgIpc) is 2.86. The van der Waals surface area contributed by atoms with Crippen LogP contribution in [0.4, 0.5) is 4.39 Å². The quantitative estimate of drug-likeness (QED) is 0.668. The van der Waals surface area contributed by atoms with Crippen LogP contribution in [0.5, 0.6) is 5.75 Å². The molecule has 0 atom stereocenters. The fourth-order valence-corrected chi connectivity index (χ4v) is 2.51. The molecular weight excluding hydrogens is 353 g/mol. The molecule has 0 unspecified atom stereocenters. The van der Waals surface area contributed by atoms with E-state index in [1.807, 2.05) is 17.7 Å². The Morgan fingerprint density at radius 3 is 2.91 bits per heavy atom. The molecular formula is C15H11BrFN3O2. The molecule has 0 spiro atoms. The van der Waals surface area contributed by atoms with Crippen LogP contribution >= 0.6 is 15.9 Å². The number of fused-ring (bicyclic) bond motifs is 1. The van der Waals surface area contributed by atoms with Crippen molar-refractivity contribution in [3.05, 3.63) is 52.8 Å². The van der Waals surface area contributed by atoms with E-state index in [0.717, 1.165) is 21.7 Å². The van der Waals surface area contributed by atoms with E-state index >= 15 is 0 Å². The molecule has 2 aromatic heterocycles. The van der Waals surface area contributed by atoms with Crippen molar-refractivity contribution in [1.29, 1.82) is 0 Å². The van der Waals surface area contributed by atoms with Gasteiger partial charge in [-0.2, -0.15) is 0 Å². The Labute approximate surface area is 133 Å². The number of aryl methyl sites for hydroxylation is 1. The van der Waals surface area contributed by atoms with Crippen LogP contribution in [0.15, 0.2) is 41.3 Å². The minimum Gasteiger partial charge on any atom is -0.483 e. The molecule has 1 aromatic carbocycles. The Bertz CT molecular complexity index is 846. The molecule has 2 heterocycles. The molecule has 7 heteroatoms. The van der Waals surface area contributed by atoms with Gasteiger partial charge in [-0.15, -0.1) is 0 Å². The third-order valence-corrected chi connectivity index (χ3v) is 3.57. The molecule has 3 aromatic rings. The number of Topliss-reactive ketones (excluding diaryl/α,β-unsaturated/α-hetero) is 1. The summed E-state index contributed by atoms with van der Waals surface area (Å²) in [6.45, 7) is -0.185. The highest BCUT2D eigenvalue weighted by atomic mass is 79.9. The van der Waals surface area contributed by atoms with E-state index in [4.69, 9.17) is 4.74 Å². The third kappa shape index (κ3) is 2.85. The van der Waals surface area contributed by atoms with Gasteiger partial charge in [0.05, 0.1) is 18.0 Å². The van der Waals surface area contributed by atoms with Crippen LogP contribution in [0.2, 0.25) is 0 Å². The first-order chi connectivity index (χ1) is 10.5. The van der Waals surface area contributed by atoms with Gasteiger partial charge in [0.25, 0.3) is 0 Å². The van der Waals surface area contributed by atoms with E-state index in [-0.39, 0.29) is 18.1 Å². The maximum atomic E-state index is 12.8. The number of aromatic nitrogens is 3. The van der Waals surface area contributed by atoms with E-state index in [2.05, 4.69) is 25.9 Å². The lowest BCUT2D eigenvalue weighted by atomic mass is 10.2. The van der Waals surface area contributed by atoms with Crippen molar-refractivity contribution in [2.75, 3.05) is 6.61 Å². The van der Waals surface area contributed by atoms with Gasteiger partial charge in [-0.05, 0) is 24.3 Å². The Morgan fingerprint density at radius 1 is 1.36 bits per heavy atom. The SMILES string of the molecule is Cn1cnc2cc(Br)cc(OCC(=O)c3ccc(F)cn3)c21. The van der Waals surface area contributed by atoms with Crippen LogP contribution in [0.25, 0.3) is 11.0 Å². The Morgan fingerprint density at radius 2 is 2.18 bits per heavy atom. The number of halogens is 2. The molecule has 0 amide bonds. The maximum absolute atomic E-state index is 12.8. The number of imidazole rings is 1. The number of nitrogens with zero attached hydrogens (tertiary/aromatic N) is 3. The van der Waals surface area contributed by atoms with Gasteiger partial charge in [-0.3, -0.25) is 4.79 Å². The molecule has 0 saturated carbocycles. The largest absolute Gasteiger partial charge is 0.483 e. The van der Waals surface area contributed by atoms with Gasteiger partial charge < -0.3 is 9.30 Å². The smallest absolute Gasteiger partial charge is 0.218 e. The molecule has 0 aliphatic heterocycles. The van der Waals surface area contributed by atoms with Gasteiger partial charge in [-0.1, -0.05) is 15.9 Å². The summed E-state index contributed by atoms with van der Waals surface area (Å²) in [5, 5.41) is 0. The number of hydrogen-bond acceptors (Lipinski definition) is 4. The van der Waals surface area contributed by atoms with Crippen LogP contribution in [-0.2, 0) is 7.05 Å².